The van der Waals surface area contributed by atoms with E-state index < -0.39 is 0 Å². The largest absolute Gasteiger partial charge is 0.0882 e. The molecule has 0 aromatic rings. The molecular formula is C11H22. The van der Waals surface area contributed by atoms with Gasteiger partial charge in [-0.1, -0.05) is 45.8 Å². The van der Waals surface area contributed by atoms with Gasteiger partial charge in [0, 0.05) is 0 Å². The lowest BCUT2D eigenvalue weighted by molar-refractivity contribution is 0.278. The van der Waals surface area contributed by atoms with E-state index in [4.69, 9.17) is 0 Å². The summed E-state index contributed by atoms with van der Waals surface area (Å²) in [6, 6.07) is 0. The van der Waals surface area contributed by atoms with Gasteiger partial charge in [-0.25, -0.2) is 0 Å². The summed E-state index contributed by atoms with van der Waals surface area (Å²) in [5.74, 6) is 0.777. The van der Waals surface area contributed by atoms with Crippen molar-refractivity contribution in [3.63, 3.8) is 0 Å². The highest BCUT2D eigenvalue weighted by Crippen LogP contribution is 2.35. The Labute approximate surface area is 71.7 Å². The maximum Gasteiger partial charge on any atom is -0.0122 e. The molecule has 0 heterocycles. The smallest absolute Gasteiger partial charge is 0.0122 e. The highest BCUT2D eigenvalue weighted by molar-refractivity contribution is 5.09. The lowest BCUT2D eigenvalue weighted by Gasteiger charge is -2.32. The van der Waals surface area contributed by atoms with Gasteiger partial charge >= 0.3 is 0 Å². The second kappa shape index (κ2) is 3.94. The third kappa shape index (κ3) is 2.36. The van der Waals surface area contributed by atoms with E-state index in [1.165, 1.54) is 12.0 Å². The highest BCUT2D eigenvalue weighted by atomic mass is 14.3. The molecule has 0 fully saturated rings. The summed E-state index contributed by atoms with van der Waals surface area (Å²) in [6.07, 6.45) is 3.49. The molecule has 1 atom stereocenters. The van der Waals surface area contributed by atoms with Crippen LogP contribution in [0.25, 0.3) is 0 Å². The second-order valence-electron chi connectivity index (χ2n) is 4.00. The Morgan fingerprint density at radius 2 is 1.91 bits per heavy atom. The standard InChI is InChI=1S/C11H22/c1-7-9(3)11(5,6)10(4)8-2/h7,10H,8H2,1-6H3/b9-7+/t10-/m0/s1. The van der Waals surface area contributed by atoms with Crippen LogP contribution in [0.2, 0.25) is 0 Å². The fourth-order valence-corrected chi connectivity index (χ4v) is 1.27. The first kappa shape index (κ1) is 10.7. The molecule has 0 saturated carbocycles. The summed E-state index contributed by atoms with van der Waals surface area (Å²) in [5, 5.41) is 0. The number of hydrogen-bond acceptors (Lipinski definition) is 0. The van der Waals surface area contributed by atoms with Crippen LogP contribution < -0.4 is 0 Å². The first-order valence-corrected chi connectivity index (χ1v) is 4.60. The van der Waals surface area contributed by atoms with Gasteiger partial charge in [0.1, 0.15) is 0 Å². The number of allylic oxidation sites excluding steroid dienone is 2. The first-order chi connectivity index (χ1) is 4.96. The van der Waals surface area contributed by atoms with Gasteiger partial charge in [0.15, 0.2) is 0 Å². The molecule has 0 unspecified atom stereocenters. The number of rotatable bonds is 3. The van der Waals surface area contributed by atoms with Crippen LogP contribution in [0.5, 0.6) is 0 Å². The van der Waals surface area contributed by atoms with E-state index in [9.17, 15) is 0 Å². The van der Waals surface area contributed by atoms with Crippen molar-refractivity contribution in [3.8, 4) is 0 Å². The third-order valence-corrected chi connectivity index (χ3v) is 3.29. The summed E-state index contributed by atoms with van der Waals surface area (Å²) in [5.41, 5.74) is 1.88. The minimum Gasteiger partial charge on any atom is -0.0882 e. The molecule has 0 aromatic heterocycles. The van der Waals surface area contributed by atoms with Crippen LogP contribution in [0.3, 0.4) is 0 Å². The molecule has 0 nitrogen and oxygen atoms in total. The molecule has 0 amide bonds. The number of hydrogen-bond donors (Lipinski definition) is 0. The highest BCUT2D eigenvalue weighted by Gasteiger charge is 2.25. The Hall–Kier alpha value is -0.260. The van der Waals surface area contributed by atoms with Gasteiger partial charge in [-0.05, 0) is 25.2 Å². The lowest BCUT2D eigenvalue weighted by Crippen LogP contribution is -2.22. The average molecular weight is 154 g/mol. The molecule has 0 aliphatic heterocycles. The molecule has 0 radical (unpaired) electrons. The predicted octanol–water partition coefficient (Wildman–Crippen LogP) is 4.02. The van der Waals surface area contributed by atoms with Gasteiger partial charge in [-0.3, -0.25) is 0 Å². The molecule has 0 aliphatic carbocycles. The monoisotopic (exact) mass is 154 g/mol. The van der Waals surface area contributed by atoms with Crippen LogP contribution in [0.1, 0.15) is 48.0 Å². The Balaban J connectivity index is 4.44. The summed E-state index contributed by atoms with van der Waals surface area (Å²) in [7, 11) is 0. The van der Waals surface area contributed by atoms with E-state index in [1.54, 1.807) is 0 Å². The summed E-state index contributed by atoms with van der Waals surface area (Å²) < 4.78 is 0. The Bertz CT molecular complexity index is 140. The zero-order valence-corrected chi connectivity index (χ0v) is 8.86. The molecule has 0 N–H and O–H groups in total. The normalized spacial score (nSPS) is 16.7. The van der Waals surface area contributed by atoms with Crippen molar-refractivity contribution in [1.82, 2.24) is 0 Å². The average Bonchev–Trinajstić information content (AvgIpc) is 2.01. The molecular weight excluding hydrogens is 132 g/mol. The van der Waals surface area contributed by atoms with Gasteiger partial charge in [0.2, 0.25) is 0 Å². The topological polar surface area (TPSA) is 0 Å². The van der Waals surface area contributed by atoms with Gasteiger partial charge < -0.3 is 0 Å². The third-order valence-electron chi connectivity index (χ3n) is 3.29. The summed E-state index contributed by atoms with van der Waals surface area (Å²) in [6.45, 7) is 13.6. The molecule has 11 heavy (non-hydrogen) atoms. The first-order valence-electron chi connectivity index (χ1n) is 4.60. The van der Waals surface area contributed by atoms with E-state index in [-0.39, 0.29) is 0 Å². The van der Waals surface area contributed by atoms with Crippen molar-refractivity contribution in [2.75, 3.05) is 0 Å². The molecule has 0 spiro atoms. The molecule has 0 bridgehead atoms. The maximum atomic E-state index is 2.33. The van der Waals surface area contributed by atoms with Crippen LogP contribution in [-0.4, -0.2) is 0 Å². The molecule has 0 rings (SSSR count). The predicted molar refractivity (Wildman–Crippen MR) is 52.7 cm³/mol. The van der Waals surface area contributed by atoms with E-state index in [0.717, 1.165) is 5.92 Å². The van der Waals surface area contributed by atoms with E-state index in [0.29, 0.717) is 5.41 Å². The molecule has 66 valence electrons. The van der Waals surface area contributed by atoms with Crippen molar-refractivity contribution < 1.29 is 0 Å². The molecule has 0 heteroatoms. The van der Waals surface area contributed by atoms with E-state index >= 15 is 0 Å². The van der Waals surface area contributed by atoms with Gasteiger partial charge in [0.25, 0.3) is 0 Å². The van der Waals surface area contributed by atoms with E-state index in [2.05, 4.69) is 47.6 Å². The van der Waals surface area contributed by atoms with Crippen molar-refractivity contribution in [3.05, 3.63) is 11.6 Å². The SMILES string of the molecule is C/C=C(\C)C(C)(C)[C@@H](C)CC. The summed E-state index contributed by atoms with van der Waals surface area (Å²) in [4.78, 5) is 0. The van der Waals surface area contributed by atoms with Gasteiger partial charge in [-0.15, -0.1) is 0 Å². The van der Waals surface area contributed by atoms with Crippen molar-refractivity contribution >= 4 is 0 Å². The quantitative estimate of drug-likeness (QED) is 0.538. The molecule has 0 aliphatic rings. The minimum atomic E-state index is 0.378. The second-order valence-corrected chi connectivity index (χ2v) is 4.00. The maximum absolute atomic E-state index is 2.33. The summed E-state index contributed by atoms with van der Waals surface area (Å²) >= 11 is 0. The lowest BCUT2D eigenvalue weighted by atomic mass is 9.73. The molecule has 0 aromatic carbocycles. The zero-order chi connectivity index (χ0) is 9.07. The zero-order valence-electron chi connectivity index (χ0n) is 8.86. The Morgan fingerprint density at radius 3 is 2.18 bits per heavy atom. The van der Waals surface area contributed by atoms with Crippen LogP contribution in [0.4, 0.5) is 0 Å². The fraction of sp³-hybridized carbons (Fsp3) is 0.818. The van der Waals surface area contributed by atoms with Crippen molar-refractivity contribution in [1.29, 1.82) is 0 Å². The Morgan fingerprint density at radius 1 is 1.45 bits per heavy atom. The van der Waals surface area contributed by atoms with E-state index in [1.807, 2.05) is 0 Å². The van der Waals surface area contributed by atoms with Gasteiger partial charge in [-0.2, -0.15) is 0 Å². The molecule has 0 saturated heterocycles. The van der Waals surface area contributed by atoms with Crippen LogP contribution in [0.15, 0.2) is 11.6 Å². The van der Waals surface area contributed by atoms with Crippen molar-refractivity contribution in [2.24, 2.45) is 11.3 Å². The minimum absolute atomic E-state index is 0.378. The van der Waals surface area contributed by atoms with Crippen LogP contribution in [0, 0.1) is 11.3 Å². The Kier molecular flexibility index (Phi) is 3.85. The fourth-order valence-electron chi connectivity index (χ4n) is 1.27. The van der Waals surface area contributed by atoms with Crippen LogP contribution >= 0.6 is 0 Å². The van der Waals surface area contributed by atoms with Gasteiger partial charge in [0.05, 0.1) is 0 Å². The van der Waals surface area contributed by atoms with Crippen molar-refractivity contribution in [2.45, 2.75) is 48.0 Å². The van der Waals surface area contributed by atoms with Crippen LogP contribution in [-0.2, 0) is 0 Å².